The first-order valence-corrected chi connectivity index (χ1v) is 13.5. The van der Waals surface area contributed by atoms with Crippen LogP contribution in [0, 0.1) is 0 Å². The minimum atomic E-state index is -0.717. The van der Waals surface area contributed by atoms with Crippen molar-refractivity contribution in [3.8, 4) is 5.75 Å². The zero-order chi connectivity index (χ0) is 24.4. The molecule has 0 N–H and O–H groups in total. The predicted octanol–water partition coefficient (Wildman–Crippen LogP) is 8.27. The van der Waals surface area contributed by atoms with Gasteiger partial charge in [0, 0.05) is 6.61 Å². The molecule has 5 nitrogen and oxygen atoms in total. The van der Waals surface area contributed by atoms with Crippen molar-refractivity contribution in [3.63, 3.8) is 0 Å². The van der Waals surface area contributed by atoms with Gasteiger partial charge in [0.05, 0.1) is 19.8 Å². The first-order valence-electron chi connectivity index (χ1n) is 13.5. The molecule has 194 valence electrons. The molecule has 0 aliphatic rings. The van der Waals surface area contributed by atoms with Gasteiger partial charge in [-0.2, -0.15) is 0 Å². The molecule has 0 bridgehead atoms. The van der Waals surface area contributed by atoms with Crippen LogP contribution in [0.3, 0.4) is 0 Å². The van der Waals surface area contributed by atoms with Gasteiger partial charge in [-0.3, -0.25) is 0 Å². The second-order valence-electron chi connectivity index (χ2n) is 8.68. The third-order valence-electron chi connectivity index (χ3n) is 5.56. The minimum absolute atomic E-state index is 0.167. The van der Waals surface area contributed by atoms with Crippen LogP contribution in [0.25, 0.3) is 0 Å². The molecule has 1 rings (SSSR count). The van der Waals surface area contributed by atoms with E-state index in [4.69, 9.17) is 18.9 Å². The second-order valence-corrected chi connectivity index (χ2v) is 8.68. The van der Waals surface area contributed by atoms with Gasteiger partial charge in [-0.05, 0) is 44.2 Å². The third-order valence-corrected chi connectivity index (χ3v) is 5.56. The normalized spacial score (nSPS) is 11.2. The van der Waals surface area contributed by atoms with Crippen LogP contribution in [0.15, 0.2) is 42.5 Å². The van der Waals surface area contributed by atoms with E-state index >= 15 is 0 Å². The van der Waals surface area contributed by atoms with Gasteiger partial charge in [-0.25, -0.2) is 4.79 Å². The Morgan fingerprint density at radius 1 is 0.647 bits per heavy atom. The van der Waals surface area contributed by atoms with Crippen molar-refractivity contribution in [3.05, 3.63) is 42.5 Å². The Morgan fingerprint density at radius 2 is 1.18 bits per heavy atom. The van der Waals surface area contributed by atoms with Crippen LogP contribution in [-0.4, -0.2) is 39.2 Å². The maximum atomic E-state index is 11.5. The zero-order valence-corrected chi connectivity index (χ0v) is 21.5. The zero-order valence-electron chi connectivity index (χ0n) is 21.5. The number of carbonyl (C=O) groups excluding carboxylic acids is 1. The van der Waals surface area contributed by atoms with Crippen molar-refractivity contribution in [1.29, 1.82) is 0 Å². The van der Waals surface area contributed by atoms with Crippen molar-refractivity contribution in [2.24, 2.45) is 0 Å². The van der Waals surface area contributed by atoms with Gasteiger partial charge in [-0.15, -0.1) is 0 Å². The highest BCUT2D eigenvalue weighted by Crippen LogP contribution is 2.10. The standard InChI is InChI=1S/C29H48O5/c1-2-3-4-5-6-7-8-9-10-11-12-13-14-15-16-20-23-31-24-25-32-26-27-33-29(30)34-28-21-18-17-19-22-28/h9-10,17-19,21-22H,2-8,11-16,20,23-27H2,1H3/b10-9-. The van der Waals surface area contributed by atoms with Crippen molar-refractivity contribution in [2.75, 3.05) is 33.0 Å². The smallest absolute Gasteiger partial charge is 0.432 e. The molecule has 0 amide bonds. The van der Waals surface area contributed by atoms with Crippen LogP contribution < -0.4 is 4.74 Å². The molecule has 0 fully saturated rings. The number of ether oxygens (including phenoxy) is 4. The highest BCUT2D eigenvalue weighted by Gasteiger charge is 2.04. The number of benzene rings is 1. The fraction of sp³-hybridized carbons (Fsp3) is 0.690. The Hall–Kier alpha value is -1.85. The van der Waals surface area contributed by atoms with Crippen molar-refractivity contribution in [2.45, 2.75) is 96.8 Å². The van der Waals surface area contributed by atoms with E-state index in [9.17, 15) is 4.79 Å². The fourth-order valence-corrected chi connectivity index (χ4v) is 3.57. The SMILES string of the molecule is CCCCCCCC/C=C\CCCCCCCCOCCOCCOC(=O)Oc1ccccc1. The summed E-state index contributed by atoms with van der Waals surface area (Å²) < 4.78 is 21.0. The molecule has 0 saturated heterocycles. The lowest BCUT2D eigenvalue weighted by molar-refractivity contribution is 0.0200. The van der Waals surface area contributed by atoms with E-state index in [-0.39, 0.29) is 6.61 Å². The van der Waals surface area contributed by atoms with E-state index in [1.807, 2.05) is 6.07 Å². The first-order chi connectivity index (χ1) is 16.8. The summed E-state index contributed by atoms with van der Waals surface area (Å²) in [5.74, 6) is 0.466. The summed E-state index contributed by atoms with van der Waals surface area (Å²) in [6.45, 7) is 4.63. The number of hydrogen-bond donors (Lipinski definition) is 0. The van der Waals surface area contributed by atoms with Crippen LogP contribution in [0.5, 0.6) is 5.75 Å². The Kier molecular flexibility index (Phi) is 21.6. The Balaban J connectivity index is 1.72. The summed E-state index contributed by atoms with van der Waals surface area (Å²) >= 11 is 0. The molecule has 0 atom stereocenters. The number of para-hydroxylation sites is 1. The number of carbonyl (C=O) groups is 1. The van der Waals surface area contributed by atoms with Gasteiger partial charge in [0.1, 0.15) is 12.4 Å². The van der Waals surface area contributed by atoms with Crippen LogP contribution >= 0.6 is 0 Å². The van der Waals surface area contributed by atoms with Crippen LogP contribution in [0.4, 0.5) is 4.79 Å². The Bertz CT molecular complexity index is 587. The number of hydrogen-bond acceptors (Lipinski definition) is 5. The Morgan fingerprint density at radius 3 is 1.82 bits per heavy atom. The summed E-state index contributed by atoms with van der Waals surface area (Å²) in [5, 5.41) is 0. The lowest BCUT2D eigenvalue weighted by Crippen LogP contribution is -2.15. The molecule has 1 aromatic rings. The summed E-state index contributed by atoms with van der Waals surface area (Å²) in [6.07, 6.45) is 22.4. The number of rotatable bonds is 23. The molecule has 0 aliphatic heterocycles. The lowest BCUT2D eigenvalue weighted by Gasteiger charge is -2.07. The summed E-state index contributed by atoms with van der Waals surface area (Å²) in [7, 11) is 0. The first kappa shape index (κ1) is 30.2. The lowest BCUT2D eigenvalue weighted by atomic mass is 10.1. The number of unbranched alkanes of at least 4 members (excludes halogenated alkanes) is 12. The van der Waals surface area contributed by atoms with E-state index in [0.29, 0.717) is 25.6 Å². The third kappa shape index (κ3) is 20.7. The molecule has 0 saturated carbocycles. The molecule has 0 spiro atoms. The average Bonchev–Trinajstić information content (AvgIpc) is 2.85. The van der Waals surface area contributed by atoms with E-state index in [2.05, 4.69) is 19.1 Å². The van der Waals surface area contributed by atoms with Gasteiger partial charge in [0.15, 0.2) is 0 Å². The molecule has 34 heavy (non-hydrogen) atoms. The quantitative estimate of drug-likeness (QED) is 0.0688. The van der Waals surface area contributed by atoms with Crippen LogP contribution in [0.2, 0.25) is 0 Å². The van der Waals surface area contributed by atoms with Crippen molar-refractivity contribution >= 4 is 6.16 Å². The van der Waals surface area contributed by atoms with E-state index < -0.39 is 6.16 Å². The van der Waals surface area contributed by atoms with Gasteiger partial charge in [-0.1, -0.05) is 95.1 Å². The predicted molar refractivity (Wildman–Crippen MR) is 140 cm³/mol. The molecule has 0 aliphatic carbocycles. The molecule has 0 radical (unpaired) electrons. The van der Waals surface area contributed by atoms with Gasteiger partial charge in [0.25, 0.3) is 0 Å². The summed E-state index contributed by atoms with van der Waals surface area (Å²) in [5.41, 5.74) is 0. The molecule has 1 aromatic carbocycles. The average molecular weight is 477 g/mol. The molecule has 0 unspecified atom stereocenters. The van der Waals surface area contributed by atoms with Gasteiger partial charge < -0.3 is 18.9 Å². The largest absolute Gasteiger partial charge is 0.513 e. The monoisotopic (exact) mass is 476 g/mol. The van der Waals surface area contributed by atoms with Crippen LogP contribution in [-0.2, 0) is 14.2 Å². The minimum Gasteiger partial charge on any atom is -0.432 e. The van der Waals surface area contributed by atoms with E-state index in [1.54, 1.807) is 24.3 Å². The summed E-state index contributed by atoms with van der Waals surface area (Å²) in [4.78, 5) is 11.5. The fourth-order valence-electron chi connectivity index (χ4n) is 3.57. The Labute approximate surface area is 208 Å². The molecule has 0 heterocycles. The summed E-state index contributed by atoms with van der Waals surface area (Å²) in [6, 6.07) is 8.85. The van der Waals surface area contributed by atoms with E-state index in [1.165, 1.54) is 83.5 Å². The maximum Gasteiger partial charge on any atom is 0.513 e. The number of allylic oxidation sites excluding steroid dienone is 2. The maximum absolute atomic E-state index is 11.5. The van der Waals surface area contributed by atoms with Gasteiger partial charge >= 0.3 is 6.16 Å². The van der Waals surface area contributed by atoms with Crippen molar-refractivity contribution in [1.82, 2.24) is 0 Å². The second kappa shape index (κ2) is 24.3. The highest BCUT2D eigenvalue weighted by atomic mass is 16.7. The molecule has 0 aromatic heterocycles. The molecular formula is C29H48O5. The topological polar surface area (TPSA) is 54.0 Å². The molecular weight excluding hydrogens is 428 g/mol. The van der Waals surface area contributed by atoms with Gasteiger partial charge in [0.2, 0.25) is 0 Å². The van der Waals surface area contributed by atoms with E-state index in [0.717, 1.165) is 13.0 Å². The highest BCUT2D eigenvalue weighted by molar-refractivity contribution is 5.63. The molecule has 5 heteroatoms. The van der Waals surface area contributed by atoms with Crippen molar-refractivity contribution < 1.29 is 23.7 Å². The van der Waals surface area contributed by atoms with Crippen LogP contribution in [0.1, 0.15) is 96.8 Å².